The standard InChI is InChI=1S/C28H33N5O3/c1-19-26(20(2)33(30-19)17-21-8-7-9-24(16-21)35-6)29-27(34)25-14-15-32(31-25)18-36-23-12-10-22(11-13-23)28(3,4)5/h7-16H,17-18H2,1-6H3,(H,29,34). The van der Waals surface area contributed by atoms with Gasteiger partial charge in [0.1, 0.15) is 11.5 Å². The molecule has 0 fully saturated rings. The predicted octanol–water partition coefficient (Wildman–Crippen LogP) is 5.34. The van der Waals surface area contributed by atoms with Gasteiger partial charge in [-0.25, -0.2) is 4.68 Å². The molecule has 1 N–H and O–H groups in total. The number of carbonyl (C=O) groups excluding carboxylic acids is 1. The average Bonchev–Trinajstić information content (AvgIpc) is 3.43. The average molecular weight is 488 g/mol. The lowest BCUT2D eigenvalue weighted by atomic mass is 9.87. The summed E-state index contributed by atoms with van der Waals surface area (Å²) >= 11 is 0. The fourth-order valence-corrected chi connectivity index (χ4v) is 3.90. The number of methoxy groups -OCH3 is 1. The second kappa shape index (κ2) is 10.3. The van der Waals surface area contributed by atoms with E-state index in [2.05, 4.69) is 48.4 Å². The van der Waals surface area contributed by atoms with Crippen LogP contribution in [-0.2, 0) is 18.7 Å². The molecule has 0 aliphatic rings. The number of nitrogens with zero attached hydrogens (tertiary/aromatic N) is 4. The van der Waals surface area contributed by atoms with Crippen molar-refractivity contribution in [2.24, 2.45) is 0 Å². The molecule has 0 atom stereocenters. The van der Waals surface area contributed by atoms with Gasteiger partial charge in [0.25, 0.3) is 5.91 Å². The van der Waals surface area contributed by atoms with Gasteiger partial charge in [0.05, 0.1) is 30.7 Å². The van der Waals surface area contributed by atoms with Crippen molar-refractivity contribution in [3.05, 3.63) is 89.0 Å². The van der Waals surface area contributed by atoms with Crippen LogP contribution in [0.5, 0.6) is 11.5 Å². The van der Waals surface area contributed by atoms with Crippen molar-refractivity contribution < 1.29 is 14.3 Å². The minimum absolute atomic E-state index is 0.0884. The van der Waals surface area contributed by atoms with Crippen molar-refractivity contribution in [3.8, 4) is 11.5 Å². The molecule has 1 amide bonds. The van der Waals surface area contributed by atoms with Crippen LogP contribution in [0.15, 0.2) is 60.8 Å². The third kappa shape index (κ3) is 5.76. The zero-order chi connectivity index (χ0) is 25.9. The van der Waals surface area contributed by atoms with Gasteiger partial charge in [0.2, 0.25) is 0 Å². The van der Waals surface area contributed by atoms with Gasteiger partial charge >= 0.3 is 0 Å². The van der Waals surface area contributed by atoms with Crippen LogP contribution in [-0.4, -0.2) is 32.6 Å². The number of amides is 1. The molecule has 2 aromatic heterocycles. The van der Waals surface area contributed by atoms with Crippen LogP contribution < -0.4 is 14.8 Å². The summed E-state index contributed by atoms with van der Waals surface area (Å²) in [5, 5.41) is 11.9. The molecule has 0 spiro atoms. The Morgan fingerprint density at radius 1 is 1.00 bits per heavy atom. The van der Waals surface area contributed by atoms with E-state index < -0.39 is 0 Å². The summed E-state index contributed by atoms with van der Waals surface area (Å²) in [6.07, 6.45) is 1.73. The van der Waals surface area contributed by atoms with Crippen LogP contribution in [0.25, 0.3) is 0 Å². The summed E-state index contributed by atoms with van der Waals surface area (Å²) in [7, 11) is 1.65. The normalized spacial score (nSPS) is 11.4. The van der Waals surface area contributed by atoms with Crippen molar-refractivity contribution in [1.82, 2.24) is 19.6 Å². The Hall–Kier alpha value is -4.07. The van der Waals surface area contributed by atoms with E-state index in [1.807, 2.05) is 54.9 Å². The number of ether oxygens (including phenoxy) is 2. The van der Waals surface area contributed by atoms with Crippen molar-refractivity contribution in [2.45, 2.75) is 53.3 Å². The Morgan fingerprint density at radius 3 is 2.44 bits per heavy atom. The number of anilines is 1. The molecule has 4 aromatic rings. The fourth-order valence-electron chi connectivity index (χ4n) is 3.90. The molecule has 0 aliphatic heterocycles. The Kier molecular flexibility index (Phi) is 7.15. The van der Waals surface area contributed by atoms with Crippen LogP contribution in [0, 0.1) is 13.8 Å². The van der Waals surface area contributed by atoms with Crippen molar-refractivity contribution in [3.63, 3.8) is 0 Å². The topological polar surface area (TPSA) is 83.2 Å². The highest BCUT2D eigenvalue weighted by molar-refractivity contribution is 6.03. The molecular weight excluding hydrogens is 454 g/mol. The number of rotatable bonds is 8. The van der Waals surface area contributed by atoms with E-state index >= 15 is 0 Å². The fraction of sp³-hybridized carbons (Fsp3) is 0.321. The molecule has 0 saturated heterocycles. The molecule has 0 saturated carbocycles. The Bertz CT molecular complexity index is 1350. The van der Waals surface area contributed by atoms with E-state index in [1.165, 1.54) is 5.56 Å². The van der Waals surface area contributed by atoms with Gasteiger partial charge in [-0.05, 0) is 60.7 Å². The zero-order valence-corrected chi connectivity index (χ0v) is 21.7. The van der Waals surface area contributed by atoms with E-state index in [0.29, 0.717) is 17.9 Å². The molecule has 8 nitrogen and oxygen atoms in total. The van der Waals surface area contributed by atoms with Crippen molar-refractivity contribution in [2.75, 3.05) is 12.4 Å². The van der Waals surface area contributed by atoms with E-state index in [9.17, 15) is 4.79 Å². The molecule has 0 aliphatic carbocycles. The van der Waals surface area contributed by atoms with Gasteiger partial charge in [-0.3, -0.25) is 9.48 Å². The van der Waals surface area contributed by atoms with E-state index in [1.54, 1.807) is 24.1 Å². The first-order valence-electron chi connectivity index (χ1n) is 11.9. The molecule has 2 aromatic carbocycles. The molecule has 188 valence electrons. The number of aryl methyl sites for hydroxylation is 1. The number of hydrogen-bond acceptors (Lipinski definition) is 5. The smallest absolute Gasteiger partial charge is 0.276 e. The summed E-state index contributed by atoms with van der Waals surface area (Å²) in [6, 6.07) is 17.6. The third-order valence-electron chi connectivity index (χ3n) is 6.04. The summed E-state index contributed by atoms with van der Waals surface area (Å²) in [6.45, 7) is 11.1. The van der Waals surface area contributed by atoms with Crippen LogP contribution in [0.1, 0.15) is 53.8 Å². The van der Waals surface area contributed by atoms with Gasteiger partial charge in [-0.2, -0.15) is 10.2 Å². The summed E-state index contributed by atoms with van der Waals surface area (Å²) in [5.74, 6) is 1.25. The van der Waals surface area contributed by atoms with Crippen molar-refractivity contribution >= 4 is 11.6 Å². The largest absolute Gasteiger partial charge is 0.497 e. The zero-order valence-electron chi connectivity index (χ0n) is 21.7. The molecule has 0 radical (unpaired) electrons. The van der Waals surface area contributed by atoms with Crippen LogP contribution in [0.4, 0.5) is 5.69 Å². The Balaban J connectivity index is 1.39. The lowest BCUT2D eigenvalue weighted by molar-refractivity contribution is 0.102. The summed E-state index contributed by atoms with van der Waals surface area (Å²) < 4.78 is 14.6. The SMILES string of the molecule is COc1cccc(Cn2nc(C)c(NC(=O)c3ccn(COc4ccc(C(C)(C)C)cc4)n3)c2C)c1. The molecule has 4 rings (SSSR count). The maximum atomic E-state index is 12.9. The quantitative estimate of drug-likeness (QED) is 0.363. The highest BCUT2D eigenvalue weighted by Crippen LogP contribution is 2.25. The van der Waals surface area contributed by atoms with Crippen LogP contribution in [0.3, 0.4) is 0 Å². The number of nitrogens with one attached hydrogen (secondary N) is 1. The van der Waals surface area contributed by atoms with E-state index in [0.717, 1.165) is 28.5 Å². The number of benzene rings is 2. The maximum absolute atomic E-state index is 12.9. The summed E-state index contributed by atoms with van der Waals surface area (Å²) in [4.78, 5) is 12.9. The lowest BCUT2D eigenvalue weighted by Gasteiger charge is -2.19. The highest BCUT2D eigenvalue weighted by atomic mass is 16.5. The predicted molar refractivity (Wildman–Crippen MR) is 140 cm³/mol. The highest BCUT2D eigenvalue weighted by Gasteiger charge is 2.18. The maximum Gasteiger partial charge on any atom is 0.276 e. The van der Waals surface area contributed by atoms with Gasteiger partial charge in [0, 0.05) is 6.20 Å². The molecule has 0 bridgehead atoms. The number of hydrogen-bond donors (Lipinski definition) is 1. The molecule has 0 unspecified atom stereocenters. The second-order valence-electron chi connectivity index (χ2n) is 9.80. The number of aromatic nitrogens is 4. The van der Waals surface area contributed by atoms with Crippen LogP contribution >= 0.6 is 0 Å². The van der Waals surface area contributed by atoms with Crippen molar-refractivity contribution in [1.29, 1.82) is 0 Å². The van der Waals surface area contributed by atoms with E-state index in [4.69, 9.17) is 9.47 Å². The van der Waals surface area contributed by atoms with Gasteiger partial charge in [-0.1, -0.05) is 45.0 Å². The summed E-state index contributed by atoms with van der Waals surface area (Å²) in [5.41, 5.74) is 4.99. The third-order valence-corrected chi connectivity index (χ3v) is 6.04. The Morgan fingerprint density at radius 2 is 1.75 bits per heavy atom. The monoisotopic (exact) mass is 487 g/mol. The Labute approximate surface area is 211 Å². The lowest BCUT2D eigenvalue weighted by Crippen LogP contribution is -2.15. The van der Waals surface area contributed by atoms with Crippen LogP contribution in [0.2, 0.25) is 0 Å². The molecule has 2 heterocycles. The molecule has 36 heavy (non-hydrogen) atoms. The molecule has 8 heteroatoms. The van der Waals surface area contributed by atoms with Gasteiger partial charge < -0.3 is 14.8 Å². The van der Waals surface area contributed by atoms with Gasteiger partial charge in [0.15, 0.2) is 12.4 Å². The number of carbonyl (C=O) groups is 1. The first kappa shape index (κ1) is 25.0. The minimum Gasteiger partial charge on any atom is -0.497 e. The van der Waals surface area contributed by atoms with Gasteiger partial charge in [-0.15, -0.1) is 0 Å². The first-order valence-corrected chi connectivity index (χ1v) is 11.9. The van der Waals surface area contributed by atoms with E-state index in [-0.39, 0.29) is 18.1 Å². The minimum atomic E-state index is -0.296. The second-order valence-corrected chi connectivity index (χ2v) is 9.80. The molecular formula is C28H33N5O3. The first-order chi connectivity index (χ1) is 17.1.